The molecule has 0 fully saturated rings. The van der Waals surface area contributed by atoms with Gasteiger partial charge in [-0.25, -0.2) is 9.78 Å². The van der Waals surface area contributed by atoms with E-state index in [9.17, 15) is 9.90 Å². The molecule has 0 aliphatic rings. The van der Waals surface area contributed by atoms with Crippen LogP contribution in [0.25, 0.3) is 0 Å². The second-order valence-electron chi connectivity index (χ2n) is 4.42. The third-order valence-electron chi connectivity index (χ3n) is 2.97. The van der Waals surface area contributed by atoms with Crippen LogP contribution in [0.15, 0.2) is 29.0 Å². The number of aromatic carboxylic acids is 1. The summed E-state index contributed by atoms with van der Waals surface area (Å²) in [5.74, 6) is 0.321. The maximum absolute atomic E-state index is 11.3. The Hall–Kier alpha value is -1.82. The number of benzene rings is 1. The number of nitrogens with zero attached hydrogens (tertiary/aromatic N) is 2. The first-order chi connectivity index (χ1) is 9.49. The zero-order valence-corrected chi connectivity index (χ0v) is 12.8. The van der Waals surface area contributed by atoms with Gasteiger partial charge in [0.1, 0.15) is 23.7 Å². The van der Waals surface area contributed by atoms with E-state index < -0.39 is 5.97 Å². The van der Waals surface area contributed by atoms with Crippen molar-refractivity contribution in [3.8, 4) is 5.75 Å². The molecule has 6 heteroatoms. The first kappa shape index (κ1) is 14.6. The van der Waals surface area contributed by atoms with E-state index in [0.717, 1.165) is 15.9 Å². The number of halogens is 1. The molecule has 1 N–H and O–H groups in total. The third kappa shape index (κ3) is 3.19. The summed E-state index contributed by atoms with van der Waals surface area (Å²) in [7, 11) is 0. The van der Waals surface area contributed by atoms with Crippen molar-refractivity contribution in [3.05, 3.63) is 46.0 Å². The summed E-state index contributed by atoms with van der Waals surface area (Å²) in [5.41, 5.74) is 0.957. The second-order valence-corrected chi connectivity index (χ2v) is 5.34. The van der Waals surface area contributed by atoms with Crippen LogP contribution < -0.4 is 4.74 Å². The Bertz CT molecular complexity index is 637. The van der Waals surface area contributed by atoms with Crippen molar-refractivity contribution < 1.29 is 14.6 Å². The fraction of sp³-hybridized carbons (Fsp3) is 0.286. The highest BCUT2D eigenvalue weighted by atomic mass is 79.9. The normalized spacial score (nSPS) is 10.6. The van der Waals surface area contributed by atoms with Crippen molar-refractivity contribution in [2.24, 2.45) is 0 Å². The summed E-state index contributed by atoms with van der Waals surface area (Å²) in [6, 6.07) is 3.39. The quantitative estimate of drug-likeness (QED) is 0.909. The number of carbonyl (C=O) groups is 1. The van der Waals surface area contributed by atoms with Crippen molar-refractivity contribution in [2.75, 3.05) is 6.61 Å². The van der Waals surface area contributed by atoms with Gasteiger partial charge in [-0.05, 0) is 31.5 Å². The van der Waals surface area contributed by atoms with E-state index in [2.05, 4.69) is 20.9 Å². The summed E-state index contributed by atoms with van der Waals surface area (Å²) in [4.78, 5) is 15.4. The average molecular weight is 339 g/mol. The highest BCUT2D eigenvalue weighted by Gasteiger charge is 2.15. The Labute approximate surface area is 125 Å². The first-order valence-corrected chi connectivity index (χ1v) is 6.92. The molecule has 0 radical (unpaired) electrons. The molecule has 2 rings (SSSR count). The molecule has 0 unspecified atom stereocenters. The van der Waals surface area contributed by atoms with Crippen molar-refractivity contribution in [1.82, 2.24) is 9.55 Å². The molecule has 106 valence electrons. The zero-order valence-electron chi connectivity index (χ0n) is 11.3. The smallest absolute Gasteiger partial charge is 0.339 e. The summed E-state index contributed by atoms with van der Waals surface area (Å²) < 4.78 is 8.34. The molecule has 2 aromatic rings. The van der Waals surface area contributed by atoms with E-state index in [1.165, 1.54) is 0 Å². The number of carboxylic acid groups (broad SMARTS) is 1. The van der Waals surface area contributed by atoms with Crippen LogP contribution in [0.2, 0.25) is 0 Å². The third-order valence-corrected chi connectivity index (χ3v) is 3.43. The van der Waals surface area contributed by atoms with Crippen LogP contribution in [0, 0.1) is 13.8 Å². The molecule has 0 aliphatic carbocycles. The van der Waals surface area contributed by atoms with E-state index in [1.807, 2.05) is 30.7 Å². The van der Waals surface area contributed by atoms with Gasteiger partial charge in [-0.3, -0.25) is 0 Å². The van der Waals surface area contributed by atoms with Crippen molar-refractivity contribution in [3.63, 3.8) is 0 Å². The van der Waals surface area contributed by atoms with Crippen LogP contribution in [0.3, 0.4) is 0 Å². The van der Waals surface area contributed by atoms with Gasteiger partial charge >= 0.3 is 5.97 Å². The molecule has 20 heavy (non-hydrogen) atoms. The predicted octanol–water partition coefficient (Wildman–Crippen LogP) is 3.04. The Balaban J connectivity index is 2.13. The van der Waals surface area contributed by atoms with Gasteiger partial charge in [0, 0.05) is 16.9 Å². The molecule has 1 aromatic carbocycles. The standard InChI is InChI=1S/C14H15BrN2O3/c1-9-7-11(15)8-12(14(18)19)13(9)20-6-5-17-4-3-16-10(17)2/h3-4,7-8H,5-6H2,1-2H3,(H,18,19). The number of rotatable bonds is 5. The monoisotopic (exact) mass is 338 g/mol. The van der Waals surface area contributed by atoms with Gasteiger partial charge < -0.3 is 14.4 Å². The highest BCUT2D eigenvalue weighted by Crippen LogP contribution is 2.28. The largest absolute Gasteiger partial charge is 0.491 e. The molecular weight excluding hydrogens is 324 g/mol. The van der Waals surface area contributed by atoms with E-state index in [4.69, 9.17) is 4.74 Å². The zero-order chi connectivity index (χ0) is 14.7. The number of carboxylic acids is 1. The van der Waals surface area contributed by atoms with Crippen LogP contribution >= 0.6 is 15.9 Å². The highest BCUT2D eigenvalue weighted by molar-refractivity contribution is 9.10. The van der Waals surface area contributed by atoms with E-state index in [1.54, 1.807) is 12.3 Å². The van der Waals surface area contributed by atoms with Crippen LogP contribution in [-0.2, 0) is 6.54 Å². The number of aryl methyl sites for hydroxylation is 2. The second kappa shape index (κ2) is 6.09. The molecule has 0 atom stereocenters. The number of aromatic nitrogens is 2. The van der Waals surface area contributed by atoms with Gasteiger partial charge in [-0.15, -0.1) is 0 Å². The van der Waals surface area contributed by atoms with Crippen molar-refractivity contribution in [1.29, 1.82) is 0 Å². The van der Waals surface area contributed by atoms with E-state index in [0.29, 0.717) is 18.9 Å². The van der Waals surface area contributed by atoms with Gasteiger partial charge in [-0.2, -0.15) is 0 Å². The maximum Gasteiger partial charge on any atom is 0.339 e. The van der Waals surface area contributed by atoms with E-state index in [-0.39, 0.29) is 5.56 Å². The number of hydrogen-bond acceptors (Lipinski definition) is 3. The molecule has 5 nitrogen and oxygen atoms in total. The van der Waals surface area contributed by atoms with Crippen LogP contribution in [0.5, 0.6) is 5.75 Å². The van der Waals surface area contributed by atoms with Crippen LogP contribution in [-0.4, -0.2) is 27.2 Å². The number of hydrogen-bond donors (Lipinski definition) is 1. The summed E-state index contributed by atoms with van der Waals surface area (Å²) in [5, 5.41) is 9.23. The predicted molar refractivity (Wildman–Crippen MR) is 78.3 cm³/mol. The molecule has 0 bridgehead atoms. The van der Waals surface area contributed by atoms with Gasteiger partial charge in [0.25, 0.3) is 0 Å². The lowest BCUT2D eigenvalue weighted by molar-refractivity contribution is 0.0691. The minimum absolute atomic E-state index is 0.166. The van der Waals surface area contributed by atoms with Gasteiger partial charge in [-0.1, -0.05) is 15.9 Å². The lowest BCUT2D eigenvalue weighted by Crippen LogP contribution is -2.12. The van der Waals surface area contributed by atoms with Gasteiger partial charge in [0.15, 0.2) is 0 Å². The minimum Gasteiger partial charge on any atom is -0.491 e. The fourth-order valence-electron chi connectivity index (χ4n) is 1.97. The maximum atomic E-state index is 11.3. The van der Waals surface area contributed by atoms with Crippen LogP contribution in [0.1, 0.15) is 21.7 Å². The summed E-state index contributed by atoms with van der Waals surface area (Å²) in [6.07, 6.45) is 3.59. The number of ether oxygens (including phenoxy) is 1. The van der Waals surface area contributed by atoms with E-state index >= 15 is 0 Å². The lowest BCUT2D eigenvalue weighted by atomic mass is 10.1. The average Bonchev–Trinajstić information content (AvgIpc) is 2.77. The molecule has 0 saturated heterocycles. The molecule has 1 heterocycles. The van der Waals surface area contributed by atoms with Gasteiger partial charge in [0.2, 0.25) is 0 Å². The molecule has 0 aliphatic heterocycles. The molecule has 0 saturated carbocycles. The lowest BCUT2D eigenvalue weighted by Gasteiger charge is -2.13. The summed E-state index contributed by atoms with van der Waals surface area (Å²) >= 11 is 3.29. The minimum atomic E-state index is -0.997. The topological polar surface area (TPSA) is 64.3 Å². The molecular formula is C14H15BrN2O3. The Morgan fingerprint density at radius 1 is 1.45 bits per heavy atom. The fourth-order valence-corrected chi connectivity index (χ4v) is 2.54. The molecule has 1 aromatic heterocycles. The Kier molecular flexibility index (Phi) is 4.44. The van der Waals surface area contributed by atoms with Gasteiger partial charge in [0.05, 0.1) is 6.54 Å². The number of imidazole rings is 1. The molecule has 0 amide bonds. The molecule has 0 spiro atoms. The van der Waals surface area contributed by atoms with Crippen molar-refractivity contribution in [2.45, 2.75) is 20.4 Å². The Morgan fingerprint density at radius 2 is 2.20 bits per heavy atom. The first-order valence-electron chi connectivity index (χ1n) is 6.13. The Morgan fingerprint density at radius 3 is 2.80 bits per heavy atom. The van der Waals surface area contributed by atoms with Crippen molar-refractivity contribution >= 4 is 21.9 Å². The summed E-state index contributed by atoms with van der Waals surface area (Å²) in [6.45, 7) is 4.75. The van der Waals surface area contributed by atoms with Crippen LogP contribution in [0.4, 0.5) is 0 Å². The SMILES string of the molecule is Cc1cc(Br)cc(C(=O)O)c1OCCn1ccnc1C.